The Kier molecular flexibility index (Phi) is 6.06. The number of fused-ring (bicyclic) bond motifs is 2. The maximum absolute atomic E-state index is 12.8. The van der Waals surface area contributed by atoms with Gasteiger partial charge in [-0.25, -0.2) is 4.79 Å². The zero-order valence-electron chi connectivity index (χ0n) is 19.2. The monoisotopic (exact) mass is 469 g/mol. The Morgan fingerprint density at radius 1 is 0.971 bits per heavy atom. The molecule has 2 heterocycles. The van der Waals surface area contributed by atoms with Crippen molar-refractivity contribution in [2.75, 3.05) is 24.7 Å². The van der Waals surface area contributed by atoms with Crippen molar-refractivity contribution >= 4 is 34.3 Å². The summed E-state index contributed by atoms with van der Waals surface area (Å²) in [6, 6.07) is 21.7. The Morgan fingerprint density at radius 3 is 2.54 bits per heavy atom. The van der Waals surface area contributed by atoms with E-state index in [-0.39, 0.29) is 6.61 Å². The molecule has 35 heavy (non-hydrogen) atoms. The molecule has 0 aliphatic carbocycles. The minimum absolute atomic E-state index is 0.247. The summed E-state index contributed by atoms with van der Waals surface area (Å²) in [4.78, 5) is 38.8. The molecule has 3 aromatic carbocycles. The molecule has 0 atom stereocenters. The highest BCUT2D eigenvalue weighted by Gasteiger charge is 2.34. The van der Waals surface area contributed by atoms with Crippen LogP contribution >= 0.6 is 0 Å². The van der Waals surface area contributed by atoms with Crippen molar-refractivity contribution in [2.24, 2.45) is 0 Å². The Hall–Kier alpha value is -4.39. The molecule has 4 aromatic rings. The van der Waals surface area contributed by atoms with E-state index < -0.39 is 17.7 Å². The predicted molar refractivity (Wildman–Crippen MR) is 131 cm³/mol. The number of hydrogen-bond donors (Lipinski definition) is 0. The van der Waals surface area contributed by atoms with Crippen LogP contribution < -0.4 is 9.64 Å². The fraction of sp³-hybridized carbons (Fsp3) is 0.179. The van der Waals surface area contributed by atoms with Crippen LogP contribution in [0.4, 0.5) is 5.69 Å². The molecule has 1 aromatic heterocycles. The van der Waals surface area contributed by atoms with Gasteiger partial charge in [0.15, 0.2) is 0 Å². The maximum atomic E-state index is 12.8. The van der Waals surface area contributed by atoms with E-state index in [1.54, 1.807) is 49.4 Å². The summed E-state index contributed by atoms with van der Waals surface area (Å²) in [5, 5.41) is 0.606. The highest BCUT2D eigenvalue weighted by atomic mass is 16.5. The summed E-state index contributed by atoms with van der Waals surface area (Å²) in [6.07, 6.45) is 0.525. The van der Waals surface area contributed by atoms with Gasteiger partial charge in [-0.2, -0.15) is 0 Å². The summed E-state index contributed by atoms with van der Waals surface area (Å²) in [7, 11) is 0. The number of amides is 1. The van der Waals surface area contributed by atoms with Gasteiger partial charge in [-0.05, 0) is 43.7 Å². The fourth-order valence-corrected chi connectivity index (χ4v) is 4.25. The van der Waals surface area contributed by atoms with Gasteiger partial charge in [0, 0.05) is 17.5 Å². The molecule has 1 amide bonds. The Morgan fingerprint density at radius 2 is 1.74 bits per heavy atom. The number of ether oxygens (including phenoxy) is 2. The lowest BCUT2D eigenvalue weighted by Crippen LogP contribution is -2.31. The van der Waals surface area contributed by atoms with Gasteiger partial charge >= 0.3 is 5.97 Å². The molecular weight excluding hydrogens is 446 g/mol. The molecule has 0 saturated carbocycles. The molecule has 1 aliphatic rings. The standard InChI is InChI=1S/C28H23NO6/c1-2-33-28(32)24-21-17-19(13-14-23(21)35-26(24)18-9-4-3-5-10-18)34-16-8-15-29-22-12-7-6-11-20(22)25(30)27(29)31/h3-7,9-14,17H,2,8,15-16H2,1H3. The lowest BCUT2D eigenvalue weighted by atomic mass is 10.1. The molecular formula is C28H23NO6. The number of Topliss-reactive ketones (excluding diaryl/α,β-unsaturated/α-hetero) is 1. The zero-order chi connectivity index (χ0) is 24.4. The van der Waals surface area contributed by atoms with Crippen molar-refractivity contribution in [3.63, 3.8) is 0 Å². The smallest absolute Gasteiger partial charge is 0.342 e. The minimum Gasteiger partial charge on any atom is -0.494 e. The van der Waals surface area contributed by atoms with Gasteiger partial charge in [-0.15, -0.1) is 0 Å². The molecule has 0 unspecified atom stereocenters. The average molecular weight is 469 g/mol. The Labute approximate surface area is 201 Å². The van der Waals surface area contributed by atoms with Gasteiger partial charge < -0.3 is 18.8 Å². The topological polar surface area (TPSA) is 86.1 Å². The van der Waals surface area contributed by atoms with Crippen molar-refractivity contribution in [2.45, 2.75) is 13.3 Å². The van der Waals surface area contributed by atoms with E-state index in [4.69, 9.17) is 13.9 Å². The SMILES string of the molecule is CCOC(=O)c1c(-c2ccccc2)oc2ccc(OCCCN3C(=O)C(=O)c4ccccc43)cc12. The van der Waals surface area contributed by atoms with Crippen LogP contribution in [-0.4, -0.2) is 37.4 Å². The second kappa shape index (κ2) is 9.46. The Bertz CT molecular complexity index is 1420. The van der Waals surface area contributed by atoms with Crippen LogP contribution in [0.15, 0.2) is 77.2 Å². The average Bonchev–Trinajstić information content (AvgIpc) is 3.38. The number of anilines is 1. The molecule has 5 rings (SSSR count). The number of carbonyl (C=O) groups is 3. The lowest BCUT2D eigenvalue weighted by molar-refractivity contribution is -0.114. The van der Waals surface area contributed by atoms with E-state index in [0.29, 0.717) is 58.9 Å². The maximum Gasteiger partial charge on any atom is 0.342 e. The lowest BCUT2D eigenvalue weighted by Gasteiger charge is -2.16. The van der Waals surface area contributed by atoms with Gasteiger partial charge in [0.2, 0.25) is 0 Å². The number of furan rings is 1. The number of benzene rings is 3. The summed E-state index contributed by atoms with van der Waals surface area (Å²) < 4.78 is 17.2. The summed E-state index contributed by atoms with van der Waals surface area (Å²) in [5.74, 6) is -0.441. The van der Waals surface area contributed by atoms with Gasteiger partial charge in [0.05, 0.1) is 24.5 Å². The highest BCUT2D eigenvalue weighted by Crippen LogP contribution is 2.36. The Balaban J connectivity index is 1.33. The summed E-state index contributed by atoms with van der Waals surface area (Å²) >= 11 is 0. The predicted octanol–water partition coefficient (Wildman–Crippen LogP) is 5.27. The molecule has 7 nitrogen and oxygen atoms in total. The van der Waals surface area contributed by atoms with Crippen molar-refractivity contribution < 1.29 is 28.3 Å². The number of hydrogen-bond acceptors (Lipinski definition) is 6. The number of ketones is 1. The second-order valence-electron chi connectivity index (χ2n) is 8.06. The summed E-state index contributed by atoms with van der Waals surface area (Å²) in [6.45, 7) is 2.69. The first-order valence-electron chi connectivity index (χ1n) is 11.5. The van der Waals surface area contributed by atoms with Gasteiger partial charge in [-0.1, -0.05) is 42.5 Å². The molecule has 0 fully saturated rings. The fourth-order valence-electron chi connectivity index (χ4n) is 4.25. The molecule has 0 N–H and O–H groups in total. The first kappa shape index (κ1) is 22.4. The number of rotatable bonds is 8. The molecule has 7 heteroatoms. The molecule has 1 aliphatic heterocycles. The highest BCUT2D eigenvalue weighted by molar-refractivity contribution is 6.52. The van der Waals surface area contributed by atoms with E-state index in [2.05, 4.69) is 0 Å². The van der Waals surface area contributed by atoms with Crippen molar-refractivity contribution in [1.29, 1.82) is 0 Å². The van der Waals surface area contributed by atoms with Gasteiger partial charge in [0.1, 0.15) is 22.7 Å². The number of carbonyl (C=O) groups excluding carboxylic acids is 3. The van der Waals surface area contributed by atoms with Crippen LogP contribution in [-0.2, 0) is 9.53 Å². The minimum atomic E-state index is -0.515. The number of esters is 1. The van der Waals surface area contributed by atoms with Crippen LogP contribution in [0.3, 0.4) is 0 Å². The van der Waals surface area contributed by atoms with E-state index in [9.17, 15) is 14.4 Å². The van der Waals surface area contributed by atoms with Crippen LogP contribution in [0.2, 0.25) is 0 Å². The van der Waals surface area contributed by atoms with Gasteiger partial charge in [-0.3, -0.25) is 9.59 Å². The molecule has 0 spiro atoms. The van der Waals surface area contributed by atoms with Crippen molar-refractivity contribution in [3.8, 4) is 17.1 Å². The van der Waals surface area contributed by atoms with Crippen LogP contribution in [0.25, 0.3) is 22.3 Å². The van der Waals surface area contributed by atoms with E-state index in [1.807, 2.05) is 30.3 Å². The third-order valence-electron chi connectivity index (χ3n) is 5.85. The van der Waals surface area contributed by atoms with E-state index >= 15 is 0 Å². The molecule has 0 bridgehead atoms. The molecule has 0 radical (unpaired) electrons. The first-order valence-corrected chi connectivity index (χ1v) is 11.5. The quantitative estimate of drug-likeness (QED) is 0.198. The van der Waals surface area contributed by atoms with Crippen LogP contribution in [0.1, 0.15) is 34.1 Å². The number of para-hydroxylation sites is 1. The third kappa shape index (κ3) is 4.17. The van der Waals surface area contributed by atoms with Crippen LogP contribution in [0.5, 0.6) is 5.75 Å². The van der Waals surface area contributed by atoms with Crippen molar-refractivity contribution in [1.82, 2.24) is 0 Å². The second-order valence-corrected chi connectivity index (χ2v) is 8.06. The number of nitrogens with zero attached hydrogens (tertiary/aromatic N) is 1. The van der Waals surface area contributed by atoms with Crippen molar-refractivity contribution in [3.05, 3.63) is 83.9 Å². The van der Waals surface area contributed by atoms with E-state index in [0.717, 1.165) is 5.56 Å². The normalized spacial score (nSPS) is 12.8. The summed E-state index contributed by atoms with van der Waals surface area (Å²) in [5.41, 5.74) is 2.76. The first-order chi connectivity index (χ1) is 17.1. The molecule has 176 valence electrons. The zero-order valence-corrected chi connectivity index (χ0v) is 19.2. The third-order valence-corrected chi connectivity index (χ3v) is 5.85. The van der Waals surface area contributed by atoms with Crippen LogP contribution in [0, 0.1) is 0 Å². The van der Waals surface area contributed by atoms with E-state index in [1.165, 1.54) is 4.90 Å². The largest absolute Gasteiger partial charge is 0.494 e. The molecule has 0 saturated heterocycles. The van der Waals surface area contributed by atoms with Gasteiger partial charge in [0.25, 0.3) is 11.7 Å².